The van der Waals surface area contributed by atoms with E-state index >= 15 is 0 Å². The summed E-state index contributed by atoms with van der Waals surface area (Å²) in [4.78, 5) is 5.49. The first kappa shape index (κ1) is 29.1. The van der Waals surface area contributed by atoms with Crippen LogP contribution >= 0.6 is 0 Å². The maximum Gasteiger partial charge on any atom is 0.0946 e. The molecule has 6 rings (SSSR count). The van der Waals surface area contributed by atoms with Crippen molar-refractivity contribution >= 4 is 5.69 Å². The van der Waals surface area contributed by atoms with E-state index < -0.39 is 0 Å². The van der Waals surface area contributed by atoms with E-state index in [0.717, 1.165) is 17.8 Å². The highest BCUT2D eigenvalue weighted by Crippen LogP contribution is 2.40. The SMILES string of the molecule is CC1CCC2=CC=CC(c3cccc(C(Nc4c(C(C)C)cccc4C(C)C)c4ccccc4-c4ccccc4)n3)[C@@H]2N1. The van der Waals surface area contributed by atoms with Crippen molar-refractivity contribution in [1.82, 2.24) is 10.3 Å². The Hall–Kier alpha value is -3.95. The molecule has 4 aromatic rings. The Bertz CT molecular complexity index is 1590. The number of aromatic nitrogens is 1. The normalized spacial score (nSPS) is 20.5. The van der Waals surface area contributed by atoms with E-state index in [4.69, 9.17) is 4.98 Å². The number of para-hydroxylation sites is 1. The summed E-state index contributed by atoms with van der Waals surface area (Å²) in [6, 6.07) is 33.6. The molecule has 43 heavy (non-hydrogen) atoms. The summed E-state index contributed by atoms with van der Waals surface area (Å²) in [5.41, 5.74) is 11.3. The van der Waals surface area contributed by atoms with Crippen LogP contribution in [0.15, 0.2) is 115 Å². The average Bonchev–Trinajstić information content (AvgIpc) is 3.03. The van der Waals surface area contributed by atoms with Gasteiger partial charge in [-0.25, -0.2) is 0 Å². The van der Waals surface area contributed by atoms with E-state index in [9.17, 15) is 0 Å². The predicted octanol–water partition coefficient (Wildman–Crippen LogP) is 9.92. The number of anilines is 1. The monoisotopic (exact) mass is 567 g/mol. The molecule has 2 aliphatic rings. The van der Waals surface area contributed by atoms with E-state index in [-0.39, 0.29) is 12.0 Å². The van der Waals surface area contributed by atoms with Gasteiger partial charge < -0.3 is 10.6 Å². The summed E-state index contributed by atoms with van der Waals surface area (Å²) in [5.74, 6) is 0.992. The third-order valence-electron chi connectivity index (χ3n) is 9.17. The summed E-state index contributed by atoms with van der Waals surface area (Å²) in [7, 11) is 0. The molecular weight excluding hydrogens is 522 g/mol. The summed E-state index contributed by atoms with van der Waals surface area (Å²) in [6.45, 7) is 11.4. The summed E-state index contributed by atoms with van der Waals surface area (Å²) < 4.78 is 0. The molecule has 4 atom stereocenters. The Balaban J connectivity index is 1.50. The number of allylic oxidation sites excluding steroid dienone is 2. The van der Waals surface area contributed by atoms with Gasteiger partial charge in [0.25, 0.3) is 0 Å². The van der Waals surface area contributed by atoms with Gasteiger partial charge >= 0.3 is 0 Å². The second-order valence-corrected chi connectivity index (χ2v) is 12.9. The molecular formula is C40H45N3. The van der Waals surface area contributed by atoms with Crippen molar-refractivity contribution in [2.24, 2.45) is 0 Å². The van der Waals surface area contributed by atoms with Crippen molar-refractivity contribution in [3.63, 3.8) is 0 Å². The van der Waals surface area contributed by atoms with Crippen LogP contribution in [0.2, 0.25) is 0 Å². The number of nitrogens with one attached hydrogen (secondary N) is 2. The smallest absolute Gasteiger partial charge is 0.0946 e. The lowest BCUT2D eigenvalue weighted by Gasteiger charge is -2.37. The van der Waals surface area contributed by atoms with Gasteiger partial charge in [-0.05, 0) is 71.6 Å². The van der Waals surface area contributed by atoms with Gasteiger partial charge in [0.05, 0.1) is 11.7 Å². The molecule has 2 heterocycles. The first-order chi connectivity index (χ1) is 20.9. The number of hydrogen-bond donors (Lipinski definition) is 2. The van der Waals surface area contributed by atoms with Crippen LogP contribution < -0.4 is 10.6 Å². The highest BCUT2D eigenvalue weighted by molar-refractivity contribution is 5.71. The second kappa shape index (κ2) is 12.7. The van der Waals surface area contributed by atoms with Crippen LogP contribution in [-0.4, -0.2) is 17.1 Å². The number of rotatable bonds is 8. The molecule has 3 heteroatoms. The van der Waals surface area contributed by atoms with Gasteiger partial charge in [-0.2, -0.15) is 0 Å². The highest BCUT2D eigenvalue weighted by Gasteiger charge is 2.32. The average molecular weight is 568 g/mol. The maximum absolute atomic E-state index is 5.49. The predicted molar refractivity (Wildman–Crippen MR) is 182 cm³/mol. The van der Waals surface area contributed by atoms with Crippen molar-refractivity contribution in [2.45, 2.75) is 83.3 Å². The fraction of sp³-hybridized carbons (Fsp3) is 0.325. The number of fused-ring (bicyclic) bond motifs is 1. The van der Waals surface area contributed by atoms with Crippen LogP contribution in [0.1, 0.15) is 99.3 Å². The van der Waals surface area contributed by atoms with Crippen LogP contribution in [-0.2, 0) is 0 Å². The van der Waals surface area contributed by atoms with E-state index in [2.05, 4.69) is 154 Å². The molecule has 1 aromatic heterocycles. The quantitative estimate of drug-likeness (QED) is 0.222. The van der Waals surface area contributed by atoms with Crippen molar-refractivity contribution in [3.05, 3.63) is 143 Å². The Morgan fingerprint density at radius 3 is 2.19 bits per heavy atom. The van der Waals surface area contributed by atoms with E-state index in [1.807, 2.05) is 0 Å². The number of pyridine rings is 1. The van der Waals surface area contributed by atoms with E-state index in [1.165, 1.54) is 45.5 Å². The minimum Gasteiger partial charge on any atom is -0.372 e. The van der Waals surface area contributed by atoms with Gasteiger partial charge in [0.1, 0.15) is 0 Å². The molecule has 1 aliphatic carbocycles. The Morgan fingerprint density at radius 2 is 1.44 bits per heavy atom. The molecule has 2 N–H and O–H groups in total. The van der Waals surface area contributed by atoms with Crippen LogP contribution in [0.5, 0.6) is 0 Å². The fourth-order valence-corrected chi connectivity index (χ4v) is 6.85. The summed E-state index contributed by atoms with van der Waals surface area (Å²) >= 11 is 0. The minimum absolute atomic E-state index is 0.130. The van der Waals surface area contributed by atoms with Crippen molar-refractivity contribution < 1.29 is 0 Å². The number of benzene rings is 3. The topological polar surface area (TPSA) is 37.0 Å². The van der Waals surface area contributed by atoms with Gasteiger partial charge in [0.15, 0.2) is 0 Å². The van der Waals surface area contributed by atoms with Crippen molar-refractivity contribution in [2.75, 3.05) is 5.32 Å². The molecule has 0 radical (unpaired) electrons. The molecule has 1 aliphatic heterocycles. The zero-order valence-corrected chi connectivity index (χ0v) is 26.2. The first-order valence-corrected chi connectivity index (χ1v) is 16.0. The van der Waals surface area contributed by atoms with Crippen molar-refractivity contribution in [3.8, 4) is 11.1 Å². The van der Waals surface area contributed by atoms with Gasteiger partial charge in [0, 0.05) is 29.4 Å². The molecule has 0 spiro atoms. The largest absolute Gasteiger partial charge is 0.372 e. The molecule has 3 nitrogen and oxygen atoms in total. The molecule has 3 unspecified atom stereocenters. The molecule has 0 bridgehead atoms. The lowest BCUT2D eigenvalue weighted by atomic mass is 9.80. The molecule has 1 saturated heterocycles. The van der Waals surface area contributed by atoms with E-state index in [0.29, 0.717) is 23.9 Å². The van der Waals surface area contributed by atoms with Gasteiger partial charge in [-0.3, -0.25) is 4.98 Å². The molecule has 0 amide bonds. The number of hydrogen-bond acceptors (Lipinski definition) is 3. The molecule has 220 valence electrons. The van der Waals surface area contributed by atoms with Crippen LogP contribution in [0, 0.1) is 0 Å². The number of piperidine rings is 1. The second-order valence-electron chi connectivity index (χ2n) is 12.9. The minimum atomic E-state index is -0.130. The van der Waals surface area contributed by atoms with Gasteiger partial charge in [0.2, 0.25) is 0 Å². The van der Waals surface area contributed by atoms with Crippen LogP contribution in [0.25, 0.3) is 11.1 Å². The van der Waals surface area contributed by atoms with E-state index in [1.54, 1.807) is 0 Å². The molecule has 3 aromatic carbocycles. The fourth-order valence-electron chi connectivity index (χ4n) is 6.85. The zero-order valence-electron chi connectivity index (χ0n) is 26.2. The lowest BCUT2D eigenvalue weighted by Crippen LogP contribution is -2.46. The standard InChI is InChI=1S/C40H45N3/c1-26(2)31-19-12-20-32(27(3)4)39(31)43-40(34-18-10-9-17-33(34)29-14-7-6-8-15-29)37-23-13-22-36(42-37)35-21-11-16-30-25-24-28(5)41-38(30)35/h6-23,26-28,35,38,40-41,43H,24-25H2,1-5H3/t28?,35?,38-,40?/m1/s1. The Kier molecular flexibility index (Phi) is 8.63. The third-order valence-corrected chi connectivity index (χ3v) is 9.17. The van der Waals surface area contributed by atoms with Crippen molar-refractivity contribution in [1.29, 1.82) is 0 Å². The van der Waals surface area contributed by atoms with Crippen LogP contribution in [0.3, 0.4) is 0 Å². The summed E-state index contributed by atoms with van der Waals surface area (Å²) in [6.07, 6.45) is 9.21. The first-order valence-electron chi connectivity index (χ1n) is 16.0. The number of nitrogens with zero attached hydrogens (tertiary/aromatic N) is 1. The molecule has 1 fully saturated rings. The molecule has 0 saturated carbocycles. The van der Waals surface area contributed by atoms with Crippen LogP contribution in [0.4, 0.5) is 5.69 Å². The highest BCUT2D eigenvalue weighted by atomic mass is 15.0. The lowest BCUT2D eigenvalue weighted by molar-refractivity contribution is 0.379. The van der Waals surface area contributed by atoms with Gasteiger partial charge in [-0.15, -0.1) is 0 Å². The zero-order chi connectivity index (χ0) is 29.9. The Morgan fingerprint density at radius 1 is 0.767 bits per heavy atom. The summed E-state index contributed by atoms with van der Waals surface area (Å²) in [5, 5.41) is 7.99. The third kappa shape index (κ3) is 6.10. The van der Waals surface area contributed by atoms with Gasteiger partial charge in [-0.1, -0.05) is 130 Å². The maximum atomic E-state index is 5.49. The Labute approximate surface area is 258 Å².